The van der Waals surface area contributed by atoms with Crippen molar-refractivity contribution in [3.8, 4) is 6.07 Å². The summed E-state index contributed by atoms with van der Waals surface area (Å²) in [6, 6.07) is 6.76. The summed E-state index contributed by atoms with van der Waals surface area (Å²) in [6.07, 6.45) is 1.49. The van der Waals surface area contributed by atoms with Crippen molar-refractivity contribution in [3.05, 3.63) is 33.8 Å². The average Bonchev–Trinajstić information content (AvgIpc) is 2.28. The summed E-state index contributed by atoms with van der Waals surface area (Å²) >= 11 is 11.7. The molecule has 0 bridgehead atoms. The molecule has 0 fully saturated rings. The molecule has 1 aromatic carbocycles. The van der Waals surface area contributed by atoms with Gasteiger partial charge in [0.2, 0.25) is 0 Å². The van der Waals surface area contributed by atoms with Gasteiger partial charge in [0, 0.05) is 16.5 Å². The molecular formula is C12H13Cl2NO2S. The Hall–Kier alpha value is -0.760. The van der Waals surface area contributed by atoms with Crippen LogP contribution in [0.4, 0.5) is 0 Å². The summed E-state index contributed by atoms with van der Waals surface area (Å²) in [5.41, 5.74) is 0.557. The maximum Gasteiger partial charge on any atom is 0.154 e. The number of hydrogen-bond donors (Lipinski definition) is 0. The van der Waals surface area contributed by atoms with Gasteiger partial charge in [-0.1, -0.05) is 29.3 Å². The second-order valence-corrected chi connectivity index (χ2v) is 6.97. The Kier molecular flexibility index (Phi) is 5.94. The van der Waals surface area contributed by atoms with Crippen molar-refractivity contribution in [1.29, 1.82) is 5.26 Å². The molecule has 0 radical (unpaired) electrons. The standard InChI is InChI=1S/C12H13Cl2NO2S/c13-11-5-4-10(12(14)8-11)9-18(16,17)7-3-1-2-6-15/h4-5,8H,1-3,7,9H2. The Morgan fingerprint density at radius 3 is 2.56 bits per heavy atom. The van der Waals surface area contributed by atoms with Gasteiger partial charge in [0.25, 0.3) is 0 Å². The first-order chi connectivity index (χ1) is 8.44. The highest BCUT2D eigenvalue weighted by molar-refractivity contribution is 7.90. The highest BCUT2D eigenvalue weighted by Crippen LogP contribution is 2.23. The van der Waals surface area contributed by atoms with Gasteiger partial charge in [-0.2, -0.15) is 5.26 Å². The lowest BCUT2D eigenvalue weighted by atomic mass is 10.2. The molecule has 0 unspecified atom stereocenters. The van der Waals surface area contributed by atoms with Crippen molar-refractivity contribution in [2.24, 2.45) is 0 Å². The molecule has 0 spiro atoms. The molecule has 0 saturated heterocycles. The monoisotopic (exact) mass is 305 g/mol. The SMILES string of the molecule is N#CCCCCS(=O)(=O)Cc1ccc(Cl)cc1Cl. The Balaban J connectivity index is 2.62. The molecule has 0 aromatic heterocycles. The third kappa shape index (κ3) is 5.26. The van der Waals surface area contributed by atoms with Crippen LogP contribution in [0.25, 0.3) is 0 Å². The lowest BCUT2D eigenvalue weighted by molar-refractivity contribution is 0.591. The molecular weight excluding hydrogens is 293 g/mol. The molecule has 1 aromatic rings. The van der Waals surface area contributed by atoms with Gasteiger partial charge in [-0.25, -0.2) is 8.42 Å². The maximum atomic E-state index is 11.8. The highest BCUT2D eigenvalue weighted by atomic mass is 35.5. The second kappa shape index (κ2) is 6.98. The molecule has 0 atom stereocenters. The molecule has 6 heteroatoms. The van der Waals surface area contributed by atoms with E-state index >= 15 is 0 Å². The number of nitriles is 1. The first-order valence-corrected chi connectivity index (χ1v) is 8.03. The van der Waals surface area contributed by atoms with Crippen LogP contribution in [0.3, 0.4) is 0 Å². The Morgan fingerprint density at radius 2 is 1.94 bits per heavy atom. The minimum atomic E-state index is -3.19. The third-order valence-corrected chi connectivity index (χ3v) is 4.63. The molecule has 0 N–H and O–H groups in total. The first-order valence-electron chi connectivity index (χ1n) is 5.46. The minimum absolute atomic E-state index is 0.0770. The lowest BCUT2D eigenvalue weighted by Gasteiger charge is -2.06. The zero-order chi connectivity index (χ0) is 13.6. The van der Waals surface area contributed by atoms with E-state index in [1.54, 1.807) is 12.1 Å². The fourth-order valence-electron chi connectivity index (χ4n) is 1.47. The van der Waals surface area contributed by atoms with Crippen molar-refractivity contribution in [2.45, 2.75) is 25.0 Å². The fourth-order valence-corrected chi connectivity index (χ4v) is 3.54. The summed E-state index contributed by atoms with van der Waals surface area (Å²) in [5.74, 6) is -0.0107. The quantitative estimate of drug-likeness (QED) is 0.754. The smallest absolute Gasteiger partial charge is 0.154 e. The maximum absolute atomic E-state index is 11.8. The number of sulfone groups is 1. The first kappa shape index (κ1) is 15.3. The molecule has 0 amide bonds. The fraction of sp³-hybridized carbons (Fsp3) is 0.417. The van der Waals surface area contributed by atoms with Crippen LogP contribution in [0.5, 0.6) is 0 Å². The highest BCUT2D eigenvalue weighted by Gasteiger charge is 2.14. The van der Waals surface area contributed by atoms with Gasteiger partial charge in [-0.3, -0.25) is 0 Å². The summed E-state index contributed by atoms with van der Waals surface area (Å²) in [7, 11) is -3.19. The number of halogens is 2. The minimum Gasteiger partial charge on any atom is -0.228 e. The van der Waals surface area contributed by atoms with E-state index < -0.39 is 9.84 Å². The van der Waals surface area contributed by atoms with Crippen molar-refractivity contribution in [3.63, 3.8) is 0 Å². The number of hydrogen-bond acceptors (Lipinski definition) is 3. The summed E-state index contributed by atoms with van der Waals surface area (Å²) in [5, 5.41) is 9.21. The van der Waals surface area contributed by atoms with Crippen LogP contribution in [0.15, 0.2) is 18.2 Å². The van der Waals surface area contributed by atoms with E-state index in [0.717, 1.165) is 0 Å². The zero-order valence-corrected chi connectivity index (χ0v) is 12.0. The number of nitrogens with zero attached hydrogens (tertiary/aromatic N) is 1. The molecule has 18 heavy (non-hydrogen) atoms. The predicted octanol–water partition coefficient (Wildman–Crippen LogP) is 3.60. The summed E-state index contributed by atoms with van der Waals surface area (Å²) in [4.78, 5) is 0. The number of benzene rings is 1. The topological polar surface area (TPSA) is 57.9 Å². The van der Waals surface area contributed by atoms with Gasteiger partial charge >= 0.3 is 0 Å². The molecule has 98 valence electrons. The largest absolute Gasteiger partial charge is 0.228 e. The second-order valence-electron chi connectivity index (χ2n) is 3.94. The van der Waals surface area contributed by atoms with Gasteiger partial charge in [0.1, 0.15) is 0 Å². The van der Waals surface area contributed by atoms with Gasteiger partial charge in [0.05, 0.1) is 17.6 Å². The molecule has 0 saturated carbocycles. The summed E-state index contributed by atoms with van der Waals surface area (Å²) < 4.78 is 23.7. The number of unbranched alkanes of at least 4 members (excludes halogenated alkanes) is 2. The zero-order valence-electron chi connectivity index (χ0n) is 9.70. The predicted molar refractivity (Wildman–Crippen MR) is 73.4 cm³/mol. The van der Waals surface area contributed by atoms with Gasteiger partial charge in [-0.05, 0) is 30.5 Å². The van der Waals surface area contributed by atoms with Crippen LogP contribution < -0.4 is 0 Å². The lowest BCUT2D eigenvalue weighted by Crippen LogP contribution is -2.09. The molecule has 0 aliphatic rings. The molecule has 0 aliphatic carbocycles. The van der Waals surface area contributed by atoms with Crippen molar-refractivity contribution in [1.82, 2.24) is 0 Å². The molecule has 3 nitrogen and oxygen atoms in total. The Morgan fingerprint density at radius 1 is 1.22 bits per heavy atom. The Bertz CT molecular complexity index is 550. The van der Waals surface area contributed by atoms with E-state index in [4.69, 9.17) is 28.5 Å². The van der Waals surface area contributed by atoms with Crippen molar-refractivity contribution < 1.29 is 8.42 Å². The Labute approximate surface area is 117 Å². The van der Waals surface area contributed by atoms with Crippen LogP contribution in [0, 0.1) is 11.3 Å². The van der Waals surface area contributed by atoms with Crippen LogP contribution in [-0.4, -0.2) is 14.2 Å². The van der Waals surface area contributed by atoms with Crippen molar-refractivity contribution >= 4 is 33.0 Å². The molecule has 1 rings (SSSR count). The number of rotatable bonds is 6. The molecule has 0 aliphatic heterocycles. The van der Waals surface area contributed by atoms with E-state index in [1.807, 2.05) is 6.07 Å². The van der Waals surface area contributed by atoms with E-state index in [-0.39, 0.29) is 11.5 Å². The summed E-state index contributed by atoms with van der Waals surface area (Å²) in [6.45, 7) is 0. The molecule has 0 heterocycles. The van der Waals surface area contributed by atoms with E-state index in [9.17, 15) is 8.42 Å². The van der Waals surface area contributed by atoms with Gasteiger partial charge in [-0.15, -0.1) is 0 Å². The van der Waals surface area contributed by atoms with Crippen LogP contribution in [0.2, 0.25) is 10.0 Å². The van der Waals surface area contributed by atoms with Gasteiger partial charge < -0.3 is 0 Å². The van der Waals surface area contributed by atoms with E-state index in [2.05, 4.69) is 0 Å². The average molecular weight is 306 g/mol. The van der Waals surface area contributed by atoms with Crippen LogP contribution in [-0.2, 0) is 15.6 Å². The van der Waals surface area contributed by atoms with E-state index in [0.29, 0.717) is 34.9 Å². The van der Waals surface area contributed by atoms with Crippen LogP contribution >= 0.6 is 23.2 Å². The van der Waals surface area contributed by atoms with Crippen LogP contribution in [0.1, 0.15) is 24.8 Å². The van der Waals surface area contributed by atoms with Crippen molar-refractivity contribution in [2.75, 3.05) is 5.75 Å². The normalized spacial score (nSPS) is 11.2. The third-order valence-electron chi connectivity index (χ3n) is 2.38. The van der Waals surface area contributed by atoms with Gasteiger partial charge in [0.15, 0.2) is 9.84 Å². The van der Waals surface area contributed by atoms with E-state index in [1.165, 1.54) is 6.07 Å².